The van der Waals surface area contributed by atoms with Crippen LogP contribution in [-0.4, -0.2) is 22.0 Å². The molecule has 2 N–H and O–H groups in total. The molecule has 22 heavy (non-hydrogen) atoms. The first kappa shape index (κ1) is 14.4. The highest BCUT2D eigenvalue weighted by molar-refractivity contribution is 5.83. The summed E-state index contributed by atoms with van der Waals surface area (Å²) in [5.74, 6) is 0.0576. The standard InChI is InChI=1S/C18H21N3O/c1-13-7-8-14(2)21(13)12-18(22)19-10-9-15-11-20-17-6-4-3-5-16(15)17/h3-8,11,20H,9-10,12H2,1-2H3,(H,19,22). The molecular formula is C18H21N3O. The van der Waals surface area contributed by atoms with Crippen molar-refractivity contribution in [2.24, 2.45) is 0 Å². The normalized spacial score (nSPS) is 11.0. The van der Waals surface area contributed by atoms with E-state index in [1.165, 1.54) is 10.9 Å². The second-order valence-corrected chi connectivity index (χ2v) is 5.66. The Kier molecular flexibility index (Phi) is 4.00. The quantitative estimate of drug-likeness (QED) is 0.747. The molecule has 0 radical (unpaired) electrons. The van der Waals surface area contributed by atoms with Crippen LogP contribution in [0.2, 0.25) is 0 Å². The number of hydrogen-bond donors (Lipinski definition) is 2. The first-order chi connectivity index (χ1) is 10.6. The molecule has 4 nitrogen and oxygen atoms in total. The Hall–Kier alpha value is -2.49. The van der Waals surface area contributed by atoms with E-state index in [2.05, 4.69) is 22.4 Å². The van der Waals surface area contributed by atoms with Crippen LogP contribution < -0.4 is 5.32 Å². The number of nitrogens with zero attached hydrogens (tertiary/aromatic N) is 1. The van der Waals surface area contributed by atoms with Gasteiger partial charge < -0.3 is 14.9 Å². The zero-order chi connectivity index (χ0) is 15.5. The number of benzene rings is 1. The van der Waals surface area contributed by atoms with E-state index in [9.17, 15) is 4.79 Å². The number of fused-ring (bicyclic) bond motifs is 1. The van der Waals surface area contributed by atoms with E-state index in [-0.39, 0.29) is 5.91 Å². The highest BCUT2D eigenvalue weighted by Gasteiger charge is 2.07. The zero-order valence-electron chi connectivity index (χ0n) is 13.0. The van der Waals surface area contributed by atoms with E-state index < -0.39 is 0 Å². The van der Waals surface area contributed by atoms with Gasteiger partial charge in [-0.2, -0.15) is 0 Å². The van der Waals surface area contributed by atoms with Gasteiger partial charge in [0.05, 0.1) is 0 Å². The fraction of sp³-hybridized carbons (Fsp3) is 0.278. The molecule has 0 atom stereocenters. The number of aryl methyl sites for hydroxylation is 2. The van der Waals surface area contributed by atoms with Gasteiger partial charge in [-0.3, -0.25) is 4.79 Å². The van der Waals surface area contributed by atoms with E-state index in [1.807, 2.05) is 48.9 Å². The maximum absolute atomic E-state index is 12.1. The summed E-state index contributed by atoms with van der Waals surface area (Å²) in [6.07, 6.45) is 2.86. The Balaban J connectivity index is 1.56. The van der Waals surface area contributed by atoms with Crippen LogP contribution in [0, 0.1) is 13.8 Å². The Morgan fingerprint density at radius 1 is 1.14 bits per heavy atom. The third-order valence-corrected chi connectivity index (χ3v) is 4.11. The van der Waals surface area contributed by atoms with Crippen LogP contribution in [-0.2, 0) is 17.8 Å². The molecule has 0 saturated heterocycles. The minimum Gasteiger partial charge on any atom is -0.361 e. The number of rotatable bonds is 5. The molecule has 0 bridgehead atoms. The van der Waals surface area contributed by atoms with E-state index >= 15 is 0 Å². The predicted molar refractivity (Wildman–Crippen MR) is 88.9 cm³/mol. The first-order valence-electron chi connectivity index (χ1n) is 7.59. The summed E-state index contributed by atoms with van der Waals surface area (Å²) in [6, 6.07) is 12.3. The lowest BCUT2D eigenvalue weighted by Crippen LogP contribution is -2.29. The zero-order valence-corrected chi connectivity index (χ0v) is 13.0. The molecule has 1 aromatic carbocycles. The molecule has 4 heteroatoms. The molecule has 114 valence electrons. The maximum atomic E-state index is 12.1. The van der Waals surface area contributed by atoms with Crippen molar-refractivity contribution < 1.29 is 4.79 Å². The molecule has 1 amide bonds. The number of para-hydroxylation sites is 1. The van der Waals surface area contributed by atoms with Crippen LogP contribution in [0.5, 0.6) is 0 Å². The van der Waals surface area contributed by atoms with Gasteiger partial charge in [-0.05, 0) is 44.0 Å². The van der Waals surface area contributed by atoms with Gasteiger partial charge in [-0.25, -0.2) is 0 Å². The molecule has 0 aliphatic carbocycles. The minimum absolute atomic E-state index is 0.0576. The number of carbonyl (C=O) groups excluding carboxylic acids is 1. The second-order valence-electron chi connectivity index (χ2n) is 5.66. The maximum Gasteiger partial charge on any atom is 0.239 e. The molecule has 0 aliphatic heterocycles. The van der Waals surface area contributed by atoms with Gasteiger partial charge in [0.2, 0.25) is 5.91 Å². The van der Waals surface area contributed by atoms with Crippen molar-refractivity contribution >= 4 is 16.8 Å². The summed E-state index contributed by atoms with van der Waals surface area (Å²) < 4.78 is 2.03. The summed E-state index contributed by atoms with van der Waals surface area (Å²) in [5, 5.41) is 4.24. The van der Waals surface area contributed by atoms with Crippen molar-refractivity contribution in [3.63, 3.8) is 0 Å². The summed E-state index contributed by atoms with van der Waals surface area (Å²) in [4.78, 5) is 15.3. The fourth-order valence-corrected chi connectivity index (χ4v) is 2.82. The average Bonchev–Trinajstić information content (AvgIpc) is 3.06. The highest BCUT2D eigenvalue weighted by Crippen LogP contribution is 2.17. The molecule has 2 aromatic heterocycles. The van der Waals surface area contributed by atoms with Gasteiger partial charge >= 0.3 is 0 Å². The third-order valence-electron chi connectivity index (χ3n) is 4.11. The number of aromatic amines is 1. The topological polar surface area (TPSA) is 49.8 Å². The van der Waals surface area contributed by atoms with Crippen LogP contribution in [0.15, 0.2) is 42.6 Å². The van der Waals surface area contributed by atoms with E-state index in [1.54, 1.807) is 0 Å². The predicted octanol–water partition coefficient (Wildman–Crippen LogP) is 2.95. The van der Waals surface area contributed by atoms with Crippen molar-refractivity contribution in [2.75, 3.05) is 6.54 Å². The number of hydrogen-bond acceptors (Lipinski definition) is 1. The van der Waals surface area contributed by atoms with Crippen LogP contribution in [0.1, 0.15) is 17.0 Å². The number of carbonyl (C=O) groups is 1. The van der Waals surface area contributed by atoms with E-state index in [0.29, 0.717) is 13.1 Å². The number of nitrogens with one attached hydrogen (secondary N) is 2. The van der Waals surface area contributed by atoms with Crippen LogP contribution in [0.25, 0.3) is 10.9 Å². The van der Waals surface area contributed by atoms with Crippen molar-refractivity contribution in [1.82, 2.24) is 14.9 Å². The van der Waals surface area contributed by atoms with Gasteiger partial charge in [0.25, 0.3) is 0 Å². The van der Waals surface area contributed by atoms with E-state index in [4.69, 9.17) is 0 Å². The van der Waals surface area contributed by atoms with Crippen LogP contribution >= 0.6 is 0 Å². The van der Waals surface area contributed by atoms with Crippen molar-refractivity contribution in [3.05, 3.63) is 59.5 Å². The Labute approximate surface area is 130 Å². The van der Waals surface area contributed by atoms with Crippen LogP contribution in [0.3, 0.4) is 0 Å². The van der Waals surface area contributed by atoms with Crippen LogP contribution in [0.4, 0.5) is 0 Å². The summed E-state index contributed by atoms with van der Waals surface area (Å²) >= 11 is 0. The molecule has 0 unspecified atom stereocenters. The van der Waals surface area contributed by atoms with Crippen molar-refractivity contribution in [2.45, 2.75) is 26.8 Å². The third kappa shape index (κ3) is 2.91. The number of H-pyrrole nitrogens is 1. The summed E-state index contributed by atoms with van der Waals surface area (Å²) in [7, 11) is 0. The number of aromatic nitrogens is 2. The number of amides is 1. The molecule has 0 fully saturated rings. The summed E-state index contributed by atoms with van der Waals surface area (Å²) in [5.41, 5.74) is 4.61. The molecule has 0 aliphatic rings. The lowest BCUT2D eigenvalue weighted by Gasteiger charge is -2.09. The lowest BCUT2D eigenvalue weighted by atomic mass is 10.1. The molecular weight excluding hydrogens is 274 g/mol. The van der Waals surface area contributed by atoms with Gasteiger partial charge in [0.15, 0.2) is 0 Å². The molecule has 3 aromatic rings. The summed E-state index contributed by atoms with van der Waals surface area (Å²) in [6.45, 7) is 5.08. The lowest BCUT2D eigenvalue weighted by molar-refractivity contribution is -0.121. The smallest absolute Gasteiger partial charge is 0.239 e. The largest absolute Gasteiger partial charge is 0.361 e. The molecule has 0 spiro atoms. The second kappa shape index (κ2) is 6.10. The van der Waals surface area contributed by atoms with E-state index in [0.717, 1.165) is 23.3 Å². The van der Waals surface area contributed by atoms with Gasteiger partial charge in [-0.15, -0.1) is 0 Å². The van der Waals surface area contributed by atoms with Gasteiger partial charge in [-0.1, -0.05) is 18.2 Å². The molecule has 3 rings (SSSR count). The molecule has 0 saturated carbocycles. The van der Waals surface area contributed by atoms with Crippen molar-refractivity contribution in [1.29, 1.82) is 0 Å². The van der Waals surface area contributed by atoms with Gasteiger partial charge in [0.1, 0.15) is 6.54 Å². The Bertz CT molecular complexity index is 778. The Morgan fingerprint density at radius 2 is 1.86 bits per heavy atom. The van der Waals surface area contributed by atoms with Gasteiger partial charge in [0, 0.05) is 35.0 Å². The van der Waals surface area contributed by atoms with Crippen molar-refractivity contribution in [3.8, 4) is 0 Å². The molecule has 2 heterocycles. The minimum atomic E-state index is 0.0576. The SMILES string of the molecule is Cc1ccc(C)n1CC(=O)NCCc1c[nH]c2ccccc12. The average molecular weight is 295 g/mol. The fourth-order valence-electron chi connectivity index (χ4n) is 2.82. The monoisotopic (exact) mass is 295 g/mol. The first-order valence-corrected chi connectivity index (χ1v) is 7.59. The Morgan fingerprint density at radius 3 is 2.64 bits per heavy atom. The highest BCUT2D eigenvalue weighted by atomic mass is 16.1.